The molecule has 0 radical (unpaired) electrons. The zero-order chi connectivity index (χ0) is 21.3. The molecule has 0 aliphatic carbocycles. The van der Waals surface area contributed by atoms with Gasteiger partial charge in [0.1, 0.15) is 23.7 Å². The number of halogens is 1. The molecular formula is C21H21FN4O4. The van der Waals surface area contributed by atoms with Crippen LogP contribution in [0.1, 0.15) is 12.0 Å². The Hall–Kier alpha value is -3.62. The summed E-state index contributed by atoms with van der Waals surface area (Å²) in [5.41, 5.74) is 1.12. The number of nitrogens with one attached hydrogen (secondary N) is 3. The number of urea groups is 1. The van der Waals surface area contributed by atoms with Gasteiger partial charge in [0, 0.05) is 18.7 Å². The molecule has 0 aromatic heterocycles. The lowest BCUT2D eigenvalue weighted by molar-refractivity contribution is -0.147. The lowest BCUT2D eigenvalue weighted by Crippen LogP contribution is -2.61. The Morgan fingerprint density at radius 2 is 1.97 bits per heavy atom. The summed E-state index contributed by atoms with van der Waals surface area (Å²) in [6.45, 7) is 0.222. The maximum absolute atomic E-state index is 13.2. The van der Waals surface area contributed by atoms with Crippen molar-refractivity contribution >= 4 is 23.5 Å². The van der Waals surface area contributed by atoms with Crippen LogP contribution in [0.25, 0.3) is 0 Å². The molecule has 2 aliphatic rings. The summed E-state index contributed by atoms with van der Waals surface area (Å²) in [5, 5.41) is 17.4. The number of rotatable bonds is 4. The fraction of sp³-hybridized carbons (Fsp3) is 0.286. The smallest absolute Gasteiger partial charge is 0.319 e. The number of hydrogen-bond donors (Lipinski definition) is 4. The van der Waals surface area contributed by atoms with E-state index in [0.29, 0.717) is 18.5 Å². The lowest BCUT2D eigenvalue weighted by Gasteiger charge is -2.34. The normalized spacial score (nSPS) is 23.0. The number of benzene rings is 2. The Kier molecular flexibility index (Phi) is 5.26. The van der Waals surface area contributed by atoms with Gasteiger partial charge < -0.3 is 26.0 Å². The van der Waals surface area contributed by atoms with Crippen molar-refractivity contribution in [2.75, 3.05) is 11.9 Å². The minimum absolute atomic E-state index is 0.128. The van der Waals surface area contributed by atoms with E-state index in [1.807, 2.05) is 0 Å². The van der Waals surface area contributed by atoms with Crippen LogP contribution >= 0.6 is 0 Å². The Morgan fingerprint density at radius 1 is 1.20 bits per heavy atom. The number of fused-ring (bicyclic) bond motifs is 1. The van der Waals surface area contributed by atoms with Gasteiger partial charge in [-0.1, -0.05) is 18.2 Å². The highest BCUT2D eigenvalue weighted by Crippen LogP contribution is 2.24. The third-order valence-electron chi connectivity index (χ3n) is 5.30. The third kappa shape index (κ3) is 4.19. The second kappa shape index (κ2) is 8.02. The van der Waals surface area contributed by atoms with Crippen LogP contribution in [0.5, 0.6) is 5.75 Å². The van der Waals surface area contributed by atoms with Gasteiger partial charge in [-0.2, -0.15) is 0 Å². The van der Waals surface area contributed by atoms with Crippen LogP contribution in [-0.2, 0) is 16.0 Å². The first-order valence-corrected chi connectivity index (χ1v) is 9.61. The van der Waals surface area contributed by atoms with Crippen LogP contribution in [0.15, 0.2) is 48.5 Å². The molecule has 30 heavy (non-hydrogen) atoms. The topological polar surface area (TPSA) is 111 Å². The van der Waals surface area contributed by atoms with Gasteiger partial charge in [-0.3, -0.25) is 9.59 Å². The summed E-state index contributed by atoms with van der Waals surface area (Å²) in [7, 11) is 0. The molecule has 2 heterocycles. The van der Waals surface area contributed by atoms with Gasteiger partial charge in [-0.25, -0.2) is 9.18 Å². The van der Waals surface area contributed by atoms with Gasteiger partial charge in [0.15, 0.2) is 0 Å². The van der Waals surface area contributed by atoms with Crippen molar-refractivity contribution in [2.45, 2.75) is 31.0 Å². The zero-order valence-electron chi connectivity index (χ0n) is 16.0. The Morgan fingerprint density at radius 3 is 2.70 bits per heavy atom. The number of anilines is 1. The van der Waals surface area contributed by atoms with E-state index in [9.17, 15) is 23.9 Å². The van der Waals surface area contributed by atoms with Crippen LogP contribution in [0.2, 0.25) is 0 Å². The molecule has 4 amide bonds. The van der Waals surface area contributed by atoms with Crippen molar-refractivity contribution in [3.63, 3.8) is 0 Å². The maximum atomic E-state index is 13.2. The highest BCUT2D eigenvalue weighted by atomic mass is 19.1. The largest absolute Gasteiger partial charge is 0.508 e. The molecule has 2 saturated heterocycles. The standard InChI is InChI=1S/C21H21FN4O4/c22-13-2-1-3-14(9-13)23-21(30)24-15-10-18-19(28)25-17(20(29)26(18)11-15)8-12-4-6-16(27)7-5-12/h1-7,9,15,17-18,27H,8,10-11H2,(H,25,28)(H2,23,24,30)/t15-,17-,18-/m0/s1. The number of nitrogens with zero attached hydrogens (tertiary/aromatic N) is 1. The van der Waals surface area contributed by atoms with Crippen molar-refractivity contribution in [1.29, 1.82) is 0 Å². The number of aromatic hydroxyl groups is 1. The minimum atomic E-state index is -0.696. The zero-order valence-corrected chi connectivity index (χ0v) is 16.0. The first-order valence-electron chi connectivity index (χ1n) is 9.61. The average molecular weight is 412 g/mol. The monoisotopic (exact) mass is 412 g/mol. The summed E-state index contributed by atoms with van der Waals surface area (Å²) in [6.07, 6.45) is 0.617. The van der Waals surface area contributed by atoms with Gasteiger partial charge in [0.2, 0.25) is 11.8 Å². The maximum Gasteiger partial charge on any atom is 0.319 e. The van der Waals surface area contributed by atoms with Crippen LogP contribution in [0.4, 0.5) is 14.9 Å². The molecule has 8 nitrogen and oxygen atoms in total. The van der Waals surface area contributed by atoms with Crippen LogP contribution in [0.3, 0.4) is 0 Å². The second-order valence-corrected chi connectivity index (χ2v) is 7.48. The number of carbonyl (C=O) groups excluding carboxylic acids is 3. The molecule has 0 spiro atoms. The van der Waals surface area contributed by atoms with E-state index in [4.69, 9.17) is 0 Å². The van der Waals surface area contributed by atoms with Crippen molar-refractivity contribution in [2.24, 2.45) is 0 Å². The molecule has 2 aliphatic heterocycles. The van der Waals surface area contributed by atoms with E-state index in [0.717, 1.165) is 5.56 Å². The molecule has 2 aromatic rings. The van der Waals surface area contributed by atoms with Crippen molar-refractivity contribution in [3.05, 3.63) is 59.9 Å². The van der Waals surface area contributed by atoms with Crippen molar-refractivity contribution in [3.8, 4) is 5.75 Å². The molecule has 0 unspecified atom stereocenters. The number of carbonyl (C=O) groups is 3. The van der Waals surface area contributed by atoms with E-state index in [1.54, 1.807) is 18.2 Å². The highest BCUT2D eigenvalue weighted by Gasteiger charge is 2.46. The summed E-state index contributed by atoms with van der Waals surface area (Å²) >= 11 is 0. The molecule has 156 valence electrons. The third-order valence-corrected chi connectivity index (χ3v) is 5.30. The van der Waals surface area contributed by atoms with E-state index in [2.05, 4.69) is 16.0 Å². The summed E-state index contributed by atoms with van der Waals surface area (Å²) in [5.74, 6) is -0.800. The summed E-state index contributed by atoms with van der Waals surface area (Å²) in [4.78, 5) is 39.1. The molecule has 2 fully saturated rings. The fourth-order valence-electron chi connectivity index (χ4n) is 3.89. The average Bonchev–Trinajstić information content (AvgIpc) is 3.12. The SMILES string of the molecule is O=C(Nc1cccc(F)c1)N[C@H]1C[C@H]2C(=O)N[C@@H](Cc3ccc(O)cc3)C(=O)N2C1. The molecule has 2 aromatic carbocycles. The number of piperazine rings is 1. The van der Waals surface area contributed by atoms with Gasteiger partial charge in [0.05, 0.1) is 6.04 Å². The van der Waals surface area contributed by atoms with Crippen LogP contribution in [-0.4, -0.2) is 52.5 Å². The summed E-state index contributed by atoms with van der Waals surface area (Å²) in [6, 6.07) is 9.72. The molecule has 0 bridgehead atoms. The van der Waals surface area contributed by atoms with E-state index in [-0.39, 0.29) is 24.1 Å². The van der Waals surface area contributed by atoms with Crippen molar-refractivity contribution in [1.82, 2.24) is 15.5 Å². The molecule has 3 atom stereocenters. The highest BCUT2D eigenvalue weighted by molar-refractivity contribution is 5.98. The molecule has 4 rings (SSSR count). The van der Waals surface area contributed by atoms with Gasteiger partial charge in [-0.05, 0) is 42.3 Å². The Bertz CT molecular complexity index is 981. The molecule has 0 saturated carbocycles. The van der Waals surface area contributed by atoms with E-state index >= 15 is 0 Å². The number of hydrogen-bond acceptors (Lipinski definition) is 4. The molecule has 4 N–H and O–H groups in total. The summed E-state index contributed by atoms with van der Waals surface area (Å²) < 4.78 is 13.2. The minimum Gasteiger partial charge on any atom is -0.508 e. The first kappa shape index (κ1) is 19.7. The Labute approximate surface area is 172 Å². The molecule has 9 heteroatoms. The predicted octanol–water partition coefficient (Wildman–Crippen LogP) is 1.36. The van der Waals surface area contributed by atoms with Crippen molar-refractivity contribution < 1.29 is 23.9 Å². The number of phenols is 1. The lowest BCUT2D eigenvalue weighted by atomic mass is 10.0. The molecular weight excluding hydrogens is 391 g/mol. The second-order valence-electron chi connectivity index (χ2n) is 7.48. The van der Waals surface area contributed by atoms with Crippen LogP contribution in [0, 0.1) is 5.82 Å². The first-order chi connectivity index (χ1) is 14.4. The number of amides is 4. The predicted molar refractivity (Wildman–Crippen MR) is 106 cm³/mol. The number of phenolic OH excluding ortho intramolecular Hbond substituents is 1. The van der Waals surface area contributed by atoms with Gasteiger partial charge in [0.25, 0.3) is 0 Å². The Balaban J connectivity index is 1.37. The van der Waals surface area contributed by atoms with Gasteiger partial charge >= 0.3 is 6.03 Å². The fourth-order valence-corrected chi connectivity index (χ4v) is 3.89. The van der Waals surface area contributed by atoms with E-state index in [1.165, 1.54) is 35.2 Å². The van der Waals surface area contributed by atoms with Gasteiger partial charge in [-0.15, -0.1) is 0 Å². The quantitative estimate of drug-likeness (QED) is 0.608. The van der Waals surface area contributed by atoms with E-state index < -0.39 is 30.0 Å². The van der Waals surface area contributed by atoms with Crippen LogP contribution < -0.4 is 16.0 Å².